The molecule has 0 unspecified atom stereocenters. The maximum Gasteiger partial charge on any atom is 0.142 e. The van der Waals surface area contributed by atoms with Crippen molar-refractivity contribution in [1.29, 1.82) is 0 Å². The number of nitrogens with one attached hydrogen (secondary N) is 1. The number of nitrogens with zero attached hydrogens (tertiary/aromatic N) is 2. The molecule has 0 radical (unpaired) electrons. The minimum atomic E-state index is -0.319. The molecule has 0 saturated carbocycles. The van der Waals surface area contributed by atoms with Gasteiger partial charge in [0.15, 0.2) is 0 Å². The van der Waals surface area contributed by atoms with E-state index in [1.807, 2.05) is 0 Å². The molecule has 0 saturated heterocycles. The van der Waals surface area contributed by atoms with Crippen LogP contribution in [0.3, 0.4) is 0 Å². The number of aromatic nitrogens is 2. The third-order valence-corrected chi connectivity index (χ3v) is 4.00. The molecule has 0 aliphatic rings. The Bertz CT molecular complexity index is 549. The quantitative estimate of drug-likeness (QED) is 0.880. The van der Waals surface area contributed by atoms with Crippen molar-refractivity contribution in [1.82, 2.24) is 15.3 Å². The van der Waals surface area contributed by atoms with Gasteiger partial charge in [-0.1, -0.05) is 27.2 Å². The fraction of sp³-hybridized carbons (Fsp3) is 0.467. The second-order valence-corrected chi connectivity index (χ2v) is 6.12. The fourth-order valence-electron chi connectivity index (χ4n) is 1.86. The summed E-state index contributed by atoms with van der Waals surface area (Å²) < 4.78 is 12.9. The number of thiazole rings is 1. The van der Waals surface area contributed by atoms with Gasteiger partial charge in [0.1, 0.15) is 10.8 Å². The summed E-state index contributed by atoms with van der Waals surface area (Å²) in [7, 11) is 0. The van der Waals surface area contributed by atoms with Gasteiger partial charge in [-0.05, 0) is 18.6 Å². The van der Waals surface area contributed by atoms with Crippen LogP contribution in [0.4, 0.5) is 4.39 Å². The second kappa shape index (κ2) is 6.90. The SMILES string of the molecule is CCCc1nc(-c2ccc(F)cn2)sc1CNC(C)C. The van der Waals surface area contributed by atoms with Crippen LogP contribution in [0.15, 0.2) is 18.3 Å². The van der Waals surface area contributed by atoms with E-state index in [1.54, 1.807) is 17.4 Å². The average Bonchev–Trinajstić information content (AvgIpc) is 2.81. The fourth-order valence-corrected chi connectivity index (χ4v) is 2.90. The molecule has 0 amide bonds. The predicted octanol–water partition coefficient (Wildman–Crippen LogP) is 3.79. The van der Waals surface area contributed by atoms with Gasteiger partial charge in [0, 0.05) is 17.5 Å². The third kappa shape index (κ3) is 3.84. The van der Waals surface area contributed by atoms with Gasteiger partial charge in [-0.3, -0.25) is 4.98 Å². The summed E-state index contributed by atoms with van der Waals surface area (Å²) in [5, 5.41) is 4.29. The number of halogens is 1. The average molecular weight is 293 g/mol. The lowest BCUT2D eigenvalue weighted by Gasteiger charge is -2.07. The van der Waals surface area contributed by atoms with E-state index in [-0.39, 0.29) is 5.82 Å². The number of hydrogen-bond donors (Lipinski definition) is 1. The first-order valence-corrected chi connectivity index (χ1v) is 7.75. The van der Waals surface area contributed by atoms with E-state index in [2.05, 4.69) is 36.1 Å². The van der Waals surface area contributed by atoms with Crippen LogP contribution in [-0.4, -0.2) is 16.0 Å². The largest absolute Gasteiger partial charge is 0.310 e. The highest BCUT2D eigenvalue weighted by atomic mass is 32.1. The van der Waals surface area contributed by atoms with Gasteiger partial charge < -0.3 is 5.32 Å². The zero-order valence-electron chi connectivity index (χ0n) is 12.1. The first kappa shape index (κ1) is 15.1. The van der Waals surface area contributed by atoms with E-state index < -0.39 is 0 Å². The van der Waals surface area contributed by atoms with E-state index in [4.69, 9.17) is 0 Å². The number of pyridine rings is 1. The van der Waals surface area contributed by atoms with Crippen LogP contribution in [-0.2, 0) is 13.0 Å². The van der Waals surface area contributed by atoms with E-state index in [0.29, 0.717) is 6.04 Å². The summed E-state index contributed by atoms with van der Waals surface area (Å²) >= 11 is 1.64. The van der Waals surface area contributed by atoms with Gasteiger partial charge in [-0.15, -0.1) is 11.3 Å². The normalized spacial score (nSPS) is 11.2. The van der Waals surface area contributed by atoms with Crippen molar-refractivity contribution in [3.8, 4) is 10.7 Å². The molecule has 2 rings (SSSR count). The Morgan fingerprint density at radius 3 is 2.75 bits per heavy atom. The zero-order chi connectivity index (χ0) is 14.5. The first-order valence-electron chi connectivity index (χ1n) is 6.94. The highest BCUT2D eigenvalue weighted by molar-refractivity contribution is 7.15. The standard InChI is InChI=1S/C15H20FN3S/c1-4-5-12-14(9-17-10(2)3)20-15(19-12)13-7-6-11(16)8-18-13/h6-8,10,17H,4-5,9H2,1-3H3. The highest BCUT2D eigenvalue weighted by Gasteiger charge is 2.13. The Labute approximate surface area is 123 Å². The van der Waals surface area contributed by atoms with E-state index >= 15 is 0 Å². The molecule has 0 aliphatic heterocycles. The smallest absolute Gasteiger partial charge is 0.142 e. The minimum Gasteiger partial charge on any atom is -0.310 e. The summed E-state index contributed by atoms with van der Waals surface area (Å²) in [4.78, 5) is 10.0. The van der Waals surface area contributed by atoms with Gasteiger partial charge in [0.25, 0.3) is 0 Å². The Balaban J connectivity index is 2.25. The van der Waals surface area contributed by atoms with Crippen LogP contribution < -0.4 is 5.32 Å². The van der Waals surface area contributed by atoms with E-state index in [1.165, 1.54) is 17.1 Å². The maximum absolute atomic E-state index is 12.9. The molecule has 0 aromatic carbocycles. The van der Waals surface area contributed by atoms with Gasteiger partial charge >= 0.3 is 0 Å². The Morgan fingerprint density at radius 1 is 1.35 bits per heavy atom. The van der Waals surface area contributed by atoms with Crippen molar-refractivity contribution in [3.63, 3.8) is 0 Å². The molecule has 20 heavy (non-hydrogen) atoms. The summed E-state index contributed by atoms with van der Waals surface area (Å²) in [6.45, 7) is 7.23. The monoisotopic (exact) mass is 293 g/mol. The van der Waals surface area contributed by atoms with Crippen LogP contribution in [0, 0.1) is 5.82 Å². The molecule has 3 nitrogen and oxygen atoms in total. The van der Waals surface area contributed by atoms with E-state index in [0.717, 1.165) is 35.8 Å². The molecule has 2 aromatic heterocycles. The summed E-state index contributed by atoms with van der Waals surface area (Å²) in [5.41, 5.74) is 1.87. The predicted molar refractivity (Wildman–Crippen MR) is 81.3 cm³/mol. The molecule has 2 aromatic rings. The van der Waals surface area contributed by atoms with Crippen LogP contribution >= 0.6 is 11.3 Å². The van der Waals surface area contributed by atoms with E-state index in [9.17, 15) is 4.39 Å². The molecule has 0 fully saturated rings. The molecule has 0 bridgehead atoms. The summed E-state index contributed by atoms with van der Waals surface area (Å²) in [6, 6.07) is 3.55. The van der Waals surface area contributed by atoms with Crippen molar-refractivity contribution >= 4 is 11.3 Å². The number of hydrogen-bond acceptors (Lipinski definition) is 4. The summed E-state index contributed by atoms with van der Waals surface area (Å²) in [5.74, 6) is -0.319. The summed E-state index contributed by atoms with van der Waals surface area (Å²) in [6.07, 6.45) is 3.27. The molecule has 0 atom stereocenters. The molecular formula is C15H20FN3S. The Kier molecular flexibility index (Phi) is 5.20. The van der Waals surface area contributed by atoms with Crippen molar-refractivity contribution in [3.05, 3.63) is 34.7 Å². The van der Waals surface area contributed by atoms with Crippen molar-refractivity contribution in [2.45, 2.75) is 46.2 Å². The lowest BCUT2D eigenvalue weighted by Crippen LogP contribution is -2.21. The third-order valence-electron chi connectivity index (χ3n) is 2.88. The van der Waals surface area contributed by atoms with Crippen molar-refractivity contribution in [2.24, 2.45) is 0 Å². The molecule has 0 spiro atoms. The molecule has 0 aliphatic carbocycles. The van der Waals surface area contributed by atoms with Crippen LogP contribution in [0.2, 0.25) is 0 Å². The molecule has 108 valence electrons. The molecule has 1 N–H and O–H groups in total. The maximum atomic E-state index is 12.9. The van der Waals surface area contributed by atoms with Crippen molar-refractivity contribution < 1.29 is 4.39 Å². The second-order valence-electron chi connectivity index (χ2n) is 5.04. The Morgan fingerprint density at radius 2 is 2.15 bits per heavy atom. The minimum absolute atomic E-state index is 0.319. The lowest BCUT2D eigenvalue weighted by atomic mass is 10.2. The van der Waals surface area contributed by atoms with Crippen LogP contribution in [0.25, 0.3) is 10.7 Å². The first-order chi connectivity index (χ1) is 9.60. The molecule has 2 heterocycles. The lowest BCUT2D eigenvalue weighted by molar-refractivity contribution is 0.589. The topological polar surface area (TPSA) is 37.8 Å². The molecular weight excluding hydrogens is 273 g/mol. The Hall–Kier alpha value is -1.33. The van der Waals surface area contributed by atoms with Crippen molar-refractivity contribution in [2.75, 3.05) is 0 Å². The number of rotatable bonds is 6. The van der Waals surface area contributed by atoms with Gasteiger partial charge in [0.2, 0.25) is 0 Å². The highest BCUT2D eigenvalue weighted by Crippen LogP contribution is 2.27. The number of aryl methyl sites for hydroxylation is 1. The van der Waals surface area contributed by atoms with Gasteiger partial charge in [-0.25, -0.2) is 9.37 Å². The van der Waals surface area contributed by atoms with Gasteiger partial charge in [0.05, 0.1) is 17.6 Å². The van der Waals surface area contributed by atoms with Crippen LogP contribution in [0.1, 0.15) is 37.8 Å². The molecule has 5 heteroatoms. The zero-order valence-corrected chi connectivity index (χ0v) is 12.9. The van der Waals surface area contributed by atoms with Crippen LogP contribution in [0.5, 0.6) is 0 Å². The van der Waals surface area contributed by atoms with Gasteiger partial charge in [-0.2, -0.15) is 0 Å².